The second kappa shape index (κ2) is 7.99. The van der Waals surface area contributed by atoms with Crippen molar-refractivity contribution >= 4 is 12.0 Å². The minimum Gasteiger partial charge on any atom is -0.481 e. The number of amides is 2. The van der Waals surface area contributed by atoms with E-state index in [2.05, 4.69) is 5.32 Å². The number of carboxylic acids is 1. The molecule has 1 rings (SSSR count). The summed E-state index contributed by atoms with van der Waals surface area (Å²) in [6.07, 6.45) is 1.94. The van der Waals surface area contributed by atoms with Crippen LogP contribution in [-0.4, -0.2) is 54.4 Å². The van der Waals surface area contributed by atoms with E-state index >= 15 is 0 Å². The Hall–Kier alpha value is -1.30. The maximum atomic E-state index is 12.0. The molecule has 2 atom stereocenters. The van der Waals surface area contributed by atoms with Crippen LogP contribution in [0.15, 0.2) is 0 Å². The van der Waals surface area contributed by atoms with Gasteiger partial charge in [-0.3, -0.25) is 4.79 Å². The Kier molecular flexibility index (Phi) is 6.62. The molecular weight excluding hydrogens is 248 g/mol. The van der Waals surface area contributed by atoms with Crippen molar-refractivity contribution < 1.29 is 19.4 Å². The van der Waals surface area contributed by atoms with Gasteiger partial charge in [0, 0.05) is 32.3 Å². The summed E-state index contributed by atoms with van der Waals surface area (Å²) >= 11 is 0. The van der Waals surface area contributed by atoms with E-state index < -0.39 is 5.97 Å². The normalized spacial score (nSPS) is 20.0. The molecule has 0 spiro atoms. The lowest BCUT2D eigenvalue weighted by Crippen LogP contribution is -2.46. The van der Waals surface area contributed by atoms with Gasteiger partial charge in [0.2, 0.25) is 0 Å². The molecule has 0 aromatic heterocycles. The van der Waals surface area contributed by atoms with Crippen molar-refractivity contribution in [3.63, 3.8) is 0 Å². The van der Waals surface area contributed by atoms with Crippen LogP contribution in [0.2, 0.25) is 0 Å². The molecule has 1 heterocycles. The first-order valence-corrected chi connectivity index (χ1v) is 6.88. The first-order valence-electron chi connectivity index (χ1n) is 6.88. The summed E-state index contributed by atoms with van der Waals surface area (Å²) in [6, 6.07) is -0.479. The number of aliphatic carboxylic acids is 1. The number of ether oxygens (including phenoxy) is 1. The predicted molar refractivity (Wildman–Crippen MR) is 71.0 cm³/mol. The highest BCUT2D eigenvalue weighted by Gasteiger charge is 2.21. The van der Waals surface area contributed by atoms with E-state index in [1.54, 1.807) is 11.8 Å². The van der Waals surface area contributed by atoms with Crippen molar-refractivity contribution in [3.8, 4) is 0 Å². The van der Waals surface area contributed by atoms with Crippen molar-refractivity contribution in [2.75, 3.05) is 26.3 Å². The number of rotatable bonds is 7. The quantitative estimate of drug-likeness (QED) is 0.732. The molecule has 2 amide bonds. The topological polar surface area (TPSA) is 78.9 Å². The molecule has 0 aromatic rings. The van der Waals surface area contributed by atoms with Crippen LogP contribution < -0.4 is 5.32 Å². The summed E-state index contributed by atoms with van der Waals surface area (Å²) < 4.78 is 5.28. The standard InChI is InChI=1S/C13H24N2O4/c1-3-15(10(2)8-12(16)17)13(18)14-6-4-11-5-7-19-9-11/h10-11H,3-9H2,1-2H3,(H,14,18)(H,16,17). The van der Waals surface area contributed by atoms with E-state index in [9.17, 15) is 9.59 Å². The summed E-state index contributed by atoms with van der Waals surface area (Å²) in [7, 11) is 0. The fourth-order valence-electron chi connectivity index (χ4n) is 2.31. The third-order valence-electron chi connectivity index (χ3n) is 3.46. The van der Waals surface area contributed by atoms with Gasteiger partial charge in [0.15, 0.2) is 0 Å². The first kappa shape index (κ1) is 15.8. The molecule has 6 nitrogen and oxygen atoms in total. The highest BCUT2D eigenvalue weighted by atomic mass is 16.5. The van der Waals surface area contributed by atoms with Gasteiger partial charge in [0.25, 0.3) is 0 Å². The molecule has 0 bridgehead atoms. The largest absolute Gasteiger partial charge is 0.481 e. The molecule has 0 aliphatic carbocycles. The van der Waals surface area contributed by atoms with Crippen LogP contribution in [0.4, 0.5) is 4.79 Å². The van der Waals surface area contributed by atoms with Crippen LogP contribution in [0.5, 0.6) is 0 Å². The van der Waals surface area contributed by atoms with E-state index in [-0.39, 0.29) is 18.5 Å². The average molecular weight is 272 g/mol. The third kappa shape index (κ3) is 5.46. The van der Waals surface area contributed by atoms with Crippen molar-refractivity contribution in [3.05, 3.63) is 0 Å². The Bertz CT molecular complexity index is 303. The summed E-state index contributed by atoms with van der Waals surface area (Å²) in [4.78, 5) is 24.2. The summed E-state index contributed by atoms with van der Waals surface area (Å²) in [5.74, 6) is -0.353. The molecule has 1 aliphatic heterocycles. The van der Waals surface area contributed by atoms with Gasteiger partial charge in [-0.15, -0.1) is 0 Å². The molecule has 0 radical (unpaired) electrons. The van der Waals surface area contributed by atoms with Gasteiger partial charge < -0.3 is 20.1 Å². The summed E-state index contributed by atoms with van der Waals surface area (Å²) in [5.41, 5.74) is 0. The zero-order valence-electron chi connectivity index (χ0n) is 11.7. The van der Waals surface area contributed by atoms with Crippen LogP contribution in [-0.2, 0) is 9.53 Å². The van der Waals surface area contributed by atoms with Crippen molar-refractivity contribution in [1.29, 1.82) is 0 Å². The summed E-state index contributed by atoms with van der Waals surface area (Å²) in [5, 5.41) is 11.6. The highest BCUT2D eigenvalue weighted by Crippen LogP contribution is 2.15. The molecule has 2 unspecified atom stereocenters. The molecule has 110 valence electrons. The first-order chi connectivity index (χ1) is 9.04. The Balaban J connectivity index is 2.29. The van der Waals surface area contributed by atoms with Crippen LogP contribution in [0.25, 0.3) is 0 Å². The molecule has 1 aliphatic rings. The Morgan fingerprint density at radius 2 is 2.26 bits per heavy atom. The molecule has 0 saturated carbocycles. The van der Waals surface area contributed by atoms with Crippen LogP contribution in [0, 0.1) is 5.92 Å². The van der Waals surface area contributed by atoms with E-state index in [1.807, 2.05) is 6.92 Å². The Morgan fingerprint density at radius 3 is 2.79 bits per heavy atom. The van der Waals surface area contributed by atoms with E-state index in [4.69, 9.17) is 9.84 Å². The highest BCUT2D eigenvalue weighted by molar-refractivity contribution is 5.75. The van der Waals surface area contributed by atoms with Gasteiger partial charge in [0.05, 0.1) is 6.42 Å². The van der Waals surface area contributed by atoms with Crippen LogP contribution in [0.1, 0.15) is 33.1 Å². The van der Waals surface area contributed by atoms with E-state index in [1.165, 1.54) is 0 Å². The fraction of sp³-hybridized carbons (Fsp3) is 0.846. The number of nitrogens with zero attached hydrogens (tertiary/aromatic N) is 1. The molecule has 19 heavy (non-hydrogen) atoms. The minimum absolute atomic E-state index is 0.0300. The monoisotopic (exact) mass is 272 g/mol. The lowest BCUT2D eigenvalue weighted by Gasteiger charge is -2.27. The summed E-state index contributed by atoms with van der Waals surface area (Å²) in [6.45, 7) is 6.32. The molecule has 1 fully saturated rings. The zero-order valence-corrected chi connectivity index (χ0v) is 11.7. The van der Waals surface area contributed by atoms with E-state index in [0.717, 1.165) is 26.1 Å². The second-order valence-corrected chi connectivity index (χ2v) is 4.98. The number of carboxylic acid groups (broad SMARTS) is 1. The van der Waals surface area contributed by atoms with Crippen molar-refractivity contribution in [2.24, 2.45) is 5.92 Å². The Labute approximate surface area is 114 Å². The van der Waals surface area contributed by atoms with Crippen LogP contribution >= 0.6 is 0 Å². The number of carbonyl (C=O) groups excluding carboxylic acids is 1. The lowest BCUT2D eigenvalue weighted by atomic mass is 10.1. The van der Waals surface area contributed by atoms with Gasteiger partial charge in [-0.05, 0) is 32.6 Å². The maximum absolute atomic E-state index is 12.0. The number of hydrogen-bond acceptors (Lipinski definition) is 3. The molecule has 1 saturated heterocycles. The van der Waals surface area contributed by atoms with Crippen molar-refractivity contribution in [2.45, 2.75) is 39.2 Å². The zero-order chi connectivity index (χ0) is 14.3. The van der Waals surface area contributed by atoms with Crippen molar-refractivity contribution in [1.82, 2.24) is 10.2 Å². The minimum atomic E-state index is -0.887. The smallest absolute Gasteiger partial charge is 0.317 e. The number of hydrogen-bond donors (Lipinski definition) is 2. The van der Waals surface area contributed by atoms with Gasteiger partial charge in [-0.1, -0.05) is 0 Å². The molecular formula is C13H24N2O4. The molecule has 0 aromatic carbocycles. The second-order valence-electron chi connectivity index (χ2n) is 4.98. The van der Waals surface area contributed by atoms with Gasteiger partial charge >= 0.3 is 12.0 Å². The Morgan fingerprint density at radius 1 is 1.53 bits per heavy atom. The molecule has 2 N–H and O–H groups in total. The van der Waals surface area contributed by atoms with Crippen LogP contribution in [0.3, 0.4) is 0 Å². The maximum Gasteiger partial charge on any atom is 0.317 e. The molecule has 6 heteroatoms. The van der Waals surface area contributed by atoms with Gasteiger partial charge in [0.1, 0.15) is 0 Å². The average Bonchev–Trinajstić information content (AvgIpc) is 2.82. The fourth-order valence-corrected chi connectivity index (χ4v) is 2.31. The SMILES string of the molecule is CCN(C(=O)NCCC1CCOC1)C(C)CC(=O)O. The predicted octanol–water partition coefficient (Wildman–Crippen LogP) is 1.31. The van der Waals surface area contributed by atoms with E-state index in [0.29, 0.717) is 19.0 Å². The van der Waals surface area contributed by atoms with Gasteiger partial charge in [-0.25, -0.2) is 4.79 Å². The number of nitrogens with one attached hydrogen (secondary N) is 1. The number of carbonyl (C=O) groups is 2. The number of urea groups is 1. The third-order valence-corrected chi connectivity index (χ3v) is 3.46. The lowest BCUT2D eigenvalue weighted by molar-refractivity contribution is -0.138. The van der Waals surface area contributed by atoms with Gasteiger partial charge in [-0.2, -0.15) is 0 Å².